The number of para-hydroxylation sites is 1. The number of benzene rings is 2. The molecule has 0 unspecified atom stereocenters. The molecule has 3 rings (SSSR count). The molecule has 0 atom stereocenters. The van der Waals surface area contributed by atoms with E-state index in [-0.39, 0.29) is 28.0 Å². The van der Waals surface area contributed by atoms with Crippen molar-refractivity contribution in [3.8, 4) is 5.69 Å². The lowest BCUT2D eigenvalue weighted by Crippen LogP contribution is -2.24. The highest BCUT2D eigenvalue weighted by Gasteiger charge is 2.16. The molecule has 0 saturated heterocycles. The third kappa shape index (κ3) is 2.30. The standard InChI is InChI=1S/C15H9Cl2FN2O/c16-8-13-19-11-6-2-1-4-9(11)15(21)20(13)12-7-3-5-10(17)14(12)18/h1-7H,8H2. The average molecular weight is 323 g/mol. The van der Waals surface area contributed by atoms with Gasteiger partial charge in [-0.2, -0.15) is 0 Å². The van der Waals surface area contributed by atoms with E-state index in [0.717, 1.165) is 4.57 Å². The van der Waals surface area contributed by atoms with E-state index in [1.54, 1.807) is 30.3 Å². The van der Waals surface area contributed by atoms with Gasteiger partial charge in [0.05, 0.1) is 27.5 Å². The molecule has 3 nitrogen and oxygen atoms in total. The van der Waals surface area contributed by atoms with Gasteiger partial charge in [0.25, 0.3) is 5.56 Å². The Morgan fingerprint density at radius 1 is 1.14 bits per heavy atom. The summed E-state index contributed by atoms with van der Waals surface area (Å²) in [4.78, 5) is 16.9. The topological polar surface area (TPSA) is 34.9 Å². The summed E-state index contributed by atoms with van der Waals surface area (Å²) in [5.74, 6) is -0.433. The summed E-state index contributed by atoms with van der Waals surface area (Å²) >= 11 is 11.7. The number of hydrogen-bond acceptors (Lipinski definition) is 2. The average Bonchev–Trinajstić information content (AvgIpc) is 2.50. The molecule has 0 radical (unpaired) electrons. The summed E-state index contributed by atoms with van der Waals surface area (Å²) in [6.45, 7) is 0. The zero-order chi connectivity index (χ0) is 15.0. The molecule has 0 fully saturated rings. The van der Waals surface area contributed by atoms with Gasteiger partial charge < -0.3 is 0 Å². The second-order valence-electron chi connectivity index (χ2n) is 4.39. The third-order valence-corrected chi connectivity index (χ3v) is 3.67. The van der Waals surface area contributed by atoms with Gasteiger partial charge in [-0.1, -0.05) is 29.8 Å². The van der Waals surface area contributed by atoms with Crippen LogP contribution in [0.25, 0.3) is 16.6 Å². The predicted octanol–water partition coefficient (Wildman–Crippen LogP) is 3.92. The van der Waals surface area contributed by atoms with Crippen molar-refractivity contribution in [1.29, 1.82) is 0 Å². The van der Waals surface area contributed by atoms with Crippen LogP contribution in [-0.4, -0.2) is 9.55 Å². The van der Waals surface area contributed by atoms with Gasteiger partial charge in [-0.25, -0.2) is 9.37 Å². The lowest BCUT2D eigenvalue weighted by Gasteiger charge is -2.13. The quantitative estimate of drug-likeness (QED) is 0.670. The second-order valence-corrected chi connectivity index (χ2v) is 5.07. The molecule has 0 spiro atoms. The van der Waals surface area contributed by atoms with Crippen LogP contribution in [0.5, 0.6) is 0 Å². The first-order valence-electron chi connectivity index (χ1n) is 6.14. The molecule has 0 aliphatic carbocycles. The molecule has 1 aromatic heterocycles. The molecule has 0 amide bonds. The fourth-order valence-corrected chi connectivity index (χ4v) is 2.53. The SMILES string of the molecule is O=c1c2ccccc2nc(CCl)n1-c1cccc(Cl)c1F. The number of nitrogens with zero attached hydrogens (tertiary/aromatic N) is 2. The van der Waals surface area contributed by atoms with E-state index in [1.807, 2.05) is 0 Å². The molecule has 0 N–H and O–H groups in total. The molecule has 1 heterocycles. The van der Waals surface area contributed by atoms with Gasteiger partial charge in [-0.05, 0) is 24.3 Å². The van der Waals surface area contributed by atoms with Crippen LogP contribution >= 0.6 is 23.2 Å². The zero-order valence-corrected chi connectivity index (χ0v) is 12.2. The van der Waals surface area contributed by atoms with Crippen molar-refractivity contribution >= 4 is 34.1 Å². The van der Waals surface area contributed by atoms with Gasteiger partial charge in [-0.3, -0.25) is 9.36 Å². The molecule has 2 aromatic carbocycles. The molecule has 6 heteroatoms. The summed E-state index contributed by atoms with van der Waals surface area (Å²) in [5.41, 5.74) is 0.190. The van der Waals surface area contributed by atoms with Gasteiger partial charge in [-0.15, -0.1) is 11.6 Å². The number of halogens is 3. The van der Waals surface area contributed by atoms with Gasteiger partial charge in [0.15, 0.2) is 5.82 Å². The van der Waals surface area contributed by atoms with Crippen LogP contribution < -0.4 is 5.56 Å². The van der Waals surface area contributed by atoms with Crippen LogP contribution in [0.4, 0.5) is 4.39 Å². The Morgan fingerprint density at radius 2 is 1.90 bits per heavy atom. The maximum atomic E-state index is 14.2. The van der Waals surface area contributed by atoms with Gasteiger partial charge in [0.2, 0.25) is 0 Å². The highest BCUT2D eigenvalue weighted by atomic mass is 35.5. The van der Waals surface area contributed by atoms with Crippen molar-refractivity contribution < 1.29 is 4.39 Å². The van der Waals surface area contributed by atoms with Crippen LogP contribution in [-0.2, 0) is 5.88 Å². The Labute approximate surface area is 129 Å². The number of aromatic nitrogens is 2. The minimum Gasteiger partial charge on any atom is -0.268 e. The minimum absolute atomic E-state index is 0.0218. The first kappa shape index (κ1) is 14.0. The van der Waals surface area contributed by atoms with E-state index >= 15 is 0 Å². The monoisotopic (exact) mass is 322 g/mol. The molecule has 0 bridgehead atoms. The molecule has 0 saturated carbocycles. The number of fused-ring (bicyclic) bond motifs is 1. The van der Waals surface area contributed by atoms with Crippen LogP contribution in [0.1, 0.15) is 5.82 Å². The van der Waals surface area contributed by atoms with Gasteiger partial charge >= 0.3 is 0 Å². The smallest absolute Gasteiger partial charge is 0.266 e. The summed E-state index contributed by atoms with van der Waals surface area (Å²) in [6.07, 6.45) is 0. The lowest BCUT2D eigenvalue weighted by molar-refractivity contribution is 0.613. The zero-order valence-electron chi connectivity index (χ0n) is 10.7. The van der Waals surface area contributed by atoms with E-state index in [0.29, 0.717) is 10.9 Å². The Bertz CT molecular complexity index is 892. The van der Waals surface area contributed by atoms with Crippen molar-refractivity contribution in [1.82, 2.24) is 9.55 Å². The van der Waals surface area contributed by atoms with Crippen molar-refractivity contribution in [3.63, 3.8) is 0 Å². The fraction of sp³-hybridized carbons (Fsp3) is 0.0667. The van der Waals surface area contributed by atoms with Crippen LogP contribution in [0, 0.1) is 5.82 Å². The lowest BCUT2D eigenvalue weighted by atomic mass is 10.2. The van der Waals surface area contributed by atoms with Gasteiger partial charge in [0.1, 0.15) is 5.82 Å². The van der Waals surface area contributed by atoms with Crippen LogP contribution in [0.2, 0.25) is 5.02 Å². The largest absolute Gasteiger partial charge is 0.268 e. The predicted molar refractivity (Wildman–Crippen MR) is 81.9 cm³/mol. The fourth-order valence-electron chi connectivity index (χ4n) is 2.18. The van der Waals surface area contributed by atoms with Crippen LogP contribution in [0.3, 0.4) is 0 Å². The van der Waals surface area contributed by atoms with Crippen molar-refractivity contribution in [2.45, 2.75) is 5.88 Å². The van der Waals surface area contributed by atoms with E-state index in [9.17, 15) is 9.18 Å². The van der Waals surface area contributed by atoms with E-state index in [1.165, 1.54) is 12.1 Å². The van der Waals surface area contributed by atoms with Crippen LogP contribution in [0.15, 0.2) is 47.3 Å². The van der Waals surface area contributed by atoms with Crippen molar-refractivity contribution in [2.75, 3.05) is 0 Å². The molecular formula is C15H9Cl2FN2O. The first-order chi connectivity index (χ1) is 10.1. The number of rotatable bonds is 2. The molecule has 3 aromatic rings. The number of alkyl halides is 1. The Morgan fingerprint density at radius 3 is 2.67 bits per heavy atom. The summed E-state index contributed by atoms with van der Waals surface area (Å²) in [6, 6.07) is 11.3. The first-order valence-corrected chi connectivity index (χ1v) is 7.05. The highest BCUT2D eigenvalue weighted by molar-refractivity contribution is 6.30. The Kier molecular flexibility index (Phi) is 3.66. The Balaban J connectivity index is 2.44. The summed E-state index contributed by atoms with van der Waals surface area (Å²) < 4.78 is 15.4. The molecular weight excluding hydrogens is 314 g/mol. The molecule has 0 aliphatic rings. The van der Waals surface area contributed by atoms with E-state index in [4.69, 9.17) is 23.2 Å². The molecule has 21 heavy (non-hydrogen) atoms. The summed E-state index contributed by atoms with van der Waals surface area (Å²) in [7, 11) is 0. The van der Waals surface area contributed by atoms with E-state index in [2.05, 4.69) is 4.98 Å². The third-order valence-electron chi connectivity index (χ3n) is 3.14. The van der Waals surface area contributed by atoms with Gasteiger partial charge in [0, 0.05) is 0 Å². The van der Waals surface area contributed by atoms with Crippen molar-refractivity contribution in [2.24, 2.45) is 0 Å². The highest BCUT2D eigenvalue weighted by Crippen LogP contribution is 2.22. The second kappa shape index (κ2) is 5.47. The maximum absolute atomic E-state index is 14.2. The Hall–Kier alpha value is -1.91. The maximum Gasteiger partial charge on any atom is 0.266 e. The normalized spacial score (nSPS) is 11.0. The summed E-state index contributed by atoms with van der Waals surface area (Å²) in [5, 5.41) is 0.332. The minimum atomic E-state index is -0.676. The van der Waals surface area contributed by atoms with Crippen molar-refractivity contribution in [3.05, 3.63) is 69.5 Å². The number of hydrogen-bond donors (Lipinski definition) is 0. The molecule has 0 aliphatic heterocycles. The molecule has 106 valence electrons. The van der Waals surface area contributed by atoms with E-state index < -0.39 is 5.82 Å².